The molecule has 8 heteroatoms. The zero-order chi connectivity index (χ0) is 16.6. The number of hydrogen-bond acceptors (Lipinski definition) is 4. The van der Waals surface area contributed by atoms with Gasteiger partial charge in [0.15, 0.2) is 18.1 Å². The van der Waals surface area contributed by atoms with E-state index in [-0.39, 0.29) is 12.4 Å². The molecule has 0 aromatic heterocycles. The van der Waals surface area contributed by atoms with Crippen LogP contribution in [0.1, 0.15) is 5.56 Å². The molecule has 5 nitrogen and oxygen atoms in total. The molecule has 1 aromatic carbocycles. The van der Waals surface area contributed by atoms with Gasteiger partial charge in [-0.15, -0.1) is 19.0 Å². The van der Waals surface area contributed by atoms with Crippen molar-refractivity contribution in [3.8, 4) is 11.5 Å². The van der Waals surface area contributed by atoms with Crippen LogP contribution in [-0.2, 0) is 11.2 Å². The fourth-order valence-electron chi connectivity index (χ4n) is 1.62. The number of methoxy groups -OCH3 is 1. The van der Waals surface area contributed by atoms with Crippen LogP contribution >= 0.6 is 12.4 Å². The van der Waals surface area contributed by atoms with E-state index in [1.807, 2.05) is 0 Å². The van der Waals surface area contributed by atoms with Gasteiger partial charge in [0, 0.05) is 0 Å². The van der Waals surface area contributed by atoms with E-state index >= 15 is 0 Å². The Balaban J connectivity index is 0.00000484. The molecule has 0 fully saturated rings. The third-order valence-electron chi connectivity index (χ3n) is 2.81. The average molecular weight is 351 g/mol. The van der Waals surface area contributed by atoms with Gasteiger partial charge in [0.05, 0.1) is 20.2 Å². The number of halogens is 3. The van der Waals surface area contributed by atoms with Crippen LogP contribution in [-0.4, -0.2) is 38.6 Å². The molecule has 0 saturated carbocycles. The van der Waals surface area contributed by atoms with Crippen molar-refractivity contribution in [3.63, 3.8) is 0 Å². The first-order valence-electron chi connectivity index (χ1n) is 6.67. The average Bonchev–Trinajstić information content (AvgIpc) is 2.52. The van der Waals surface area contributed by atoms with E-state index < -0.39 is 31.5 Å². The van der Waals surface area contributed by atoms with E-state index in [0.717, 1.165) is 5.56 Å². The molecule has 0 atom stereocenters. The van der Waals surface area contributed by atoms with Gasteiger partial charge in [-0.3, -0.25) is 4.79 Å². The maximum Gasteiger partial charge on any atom is 0.277 e. The molecule has 0 spiro atoms. The molecule has 0 aliphatic heterocycles. The number of hydrogen-bond donors (Lipinski definition) is 2. The van der Waals surface area contributed by atoms with Crippen LogP contribution < -0.4 is 20.5 Å². The van der Waals surface area contributed by atoms with E-state index in [1.165, 1.54) is 7.11 Å². The first-order valence-corrected chi connectivity index (χ1v) is 6.67. The highest BCUT2D eigenvalue weighted by molar-refractivity contribution is 5.85. The van der Waals surface area contributed by atoms with Crippen LogP contribution in [0.2, 0.25) is 0 Å². The first kappa shape index (κ1) is 21.1. The maximum absolute atomic E-state index is 12.9. The van der Waals surface area contributed by atoms with Crippen LogP contribution in [0.15, 0.2) is 30.9 Å². The van der Waals surface area contributed by atoms with E-state index in [2.05, 4.69) is 11.9 Å². The quantitative estimate of drug-likeness (QED) is 0.667. The van der Waals surface area contributed by atoms with Crippen LogP contribution in [0.25, 0.3) is 0 Å². The number of nitrogens with one attached hydrogen (secondary N) is 1. The van der Waals surface area contributed by atoms with Gasteiger partial charge < -0.3 is 20.5 Å². The molecule has 1 amide bonds. The van der Waals surface area contributed by atoms with Crippen molar-refractivity contribution in [2.24, 2.45) is 5.73 Å². The monoisotopic (exact) mass is 350 g/mol. The predicted molar refractivity (Wildman–Crippen MR) is 86.6 cm³/mol. The van der Waals surface area contributed by atoms with Gasteiger partial charge in [-0.25, -0.2) is 8.78 Å². The van der Waals surface area contributed by atoms with Gasteiger partial charge in [-0.2, -0.15) is 0 Å². The molecule has 1 rings (SSSR count). The van der Waals surface area contributed by atoms with Crippen molar-refractivity contribution >= 4 is 18.3 Å². The third kappa shape index (κ3) is 7.30. The summed E-state index contributed by atoms with van der Waals surface area (Å²) in [5.74, 6) is -2.97. The smallest absolute Gasteiger partial charge is 0.277 e. The zero-order valence-corrected chi connectivity index (χ0v) is 13.6. The summed E-state index contributed by atoms with van der Waals surface area (Å²) in [6, 6.07) is 5.22. The second-order valence-electron chi connectivity index (χ2n) is 4.60. The highest BCUT2D eigenvalue weighted by atomic mass is 35.5. The number of carbonyl (C=O) groups is 1. The molecule has 0 aliphatic rings. The Kier molecular flexibility index (Phi) is 9.21. The summed E-state index contributed by atoms with van der Waals surface area (Å²) < 4.78 is 36.3. The summed E-state index contributed by atoms with van der Waals surface area (Å²) in [7, 11) is 1.47. The molecule has 130 valence electrons. The number of nitrogens with two attached hydrogens (primary N) is 1. The molecule has 1 aromatic rings. The molecule has 0 aliphatic carbocycles. The number of benzene rings is 1. The Labute approximate surface area is 140 Å². The number of carbonyl (C=O) groups excluding carboxylic acids is 1. The van der Waals surface area contributed by atoms with Crippen LogP contribution in [0.4, 0.5) is 8.78 Å². The van der Waals surface area contributed by atoms with Crippen molar-refractivity contribution in [1.29, 1.82) is 0 Å². The fourth-order valence-corrected chi connectivity index (χ4v) is 1.62. The van der Waals surface area contributed by atoms with Crippen molar-refractivity contribution in [3.05, 3.63) is 36.4 Å². The molecule has 0 heterocycles. The van der Waals surface area contributed by atoms with Gasteiger partial charge >= 0.3 is 0 Å². The molecule has 0 bridgehead atoms. The standard InChI is InChI=1S/C15H20F2N2O3.ClH/c1-3-4-11-5-6-12(13(7-11)21-2)22-8-14(20)19-10-15(16,17)9-18;/h3,5-7H,1,4,8-10,18H2,2H3,(H,19,20);1H. The van der Waals surface area contributed by atoms with Crippen LogP contribution in [0.5, 0.6) is 11.5 Å². The Bertz CT molecular complexity index is 527. The second-order valence-corrected chi connectivity index (χ2v) is 4.60. The van der Waals surface area contributed by atoms with E-state index in [4.69, 9.17) is 15.2 Å². The Morgan fingerprint density at radius 2 is 2.13 bits per heavy atom. The lowest BCUT2D eigenvalue weighted by molar-refractivity contribution is -0.124. The zero-order valence-electron chi connectivity index (χ0n) is 12.8. The highest BCUT2D eigenvalue weighted by Crippen LogP contribution is 2.28. The lowest BCUT2D eigenvalue weighted by atomic mass is 10.1. The fraction of sp³-hybridized carbons (Fsp3) is 0.400. The second kappa shape index (κ2) is 10.0. The Hall–Kier alpha value is -1.86. The summed E-state index contributed by atoms with van der Waals surface area (Å²) in [6.45, 7) is 1.61. The van der Waals surface area contributed by atoms with E-state index in [9.17, 15) is 13.6 Å². The van der Waals surface area contributed by atoms with Gasteiger partial charge in [-0.05, 0) is 24.1 Å². The lowest BCUT2D eigenvalue weighted by Crippen LogP contribution is -2.43. The topological polar surface area (TPSA) is 73.6 Å². The molecule has 0 radical (unpaired) electrons. The van der Waals surface area contributed by atoms with Crippen molar-refractivity contribution in [1.82, 2.24) is 5.32 Å². The number of alkyl halides is 2. The van der Waals surface area contributed by atoms with E-state index in [0.29, 0.717) is 17.9 Å². The van der Waals surface area contributed by atoms with Gasteiger partial charge in [0.2, 0.25) is 0 Å². The minimum absolute atomic E-state index is 0. The Morgan fingerprint density at radius 3 is 2.70 bits per heavy atom. The molecule has 0 unspecified atom stereocenters. The maximum atomic E-state index is 12.9. The number of allylic oxidation sites excluding steroid dienone is 1. The molecule has 3 N–H and O–H groups in total. The highest BCUT2D eigenvalue weighted by Gasteiger charge is 2.27. The van der Waals surface area contributed by atoms with Gasteiger partial charge in [0.1, 0.15) is 0 Å². The van der Waals surface area contributed by atoms with Crippen molar-refractivity contribution < 1.29 is 23.0 Å². The predicted octanol–water partition coefficient (Wildman–Crippen LogP) is 1.93. The molecular weight excluding hydrogens is 330 g/mol. The van der Waals surface area contributed by atoms with Gasteiger partial charge in [0.25, 0.3) is 11.8 Å². The summed E-state index contributed by atoms with van der Waals surface area (Å²) in [4.78, 5) is 11.5. The van der Waals surface area contributed by atoms with Gasteiger partial charge in [-0.1, -0.05) is 12.1 Å². The van der Waals surface area contributed by atoms with Crippen molar-refractivity contribution in [2.75, 3.05) is 26.8 Å². The number of rotatable bonds is 9. The number of ether oxygens (including phenoxy) is 2. The SMILES string of the molecule is C=CCc1ccc(OCC(=O)NCC(F)(F)CN)c(OC)c1.Cl. The summed E-state index contributed by atoms with van der Waals surface area (Å²) >= 11 is 0. The van der Waals surface area contributed by atoms with Crippen LogP contribution in [0.3, 0.4) is 0 Å². The first-order chi connectivity index (χ1) is 10.4. The van der Waals surface area contributed by atoms with E-state index in [1.54, 1.807) is 24.3 Å². The molecule has 0 saturated heterocycles. The van der Waals surface area contributed by atoms with Crippen molar-refractivity contribution in [2.45, 2.75) is 12.3 Å². The minimum Gasteiger partial charge on any atom is -0.493 e. The normalized spacial score (nSPS) is 10.4. The Morgan fingerprint density at radius 1 is 1.43 bits per heavy atom. The lowest BCUT2D eigenvalue weighted by Gasteiger charge is -2.15. The summed E-state index contributed by atoms with van der Waals surface area (Å²) in [5, 5.41) is 2.07. The summed E-state index contributed by atoms with van der Waals surface area (Å²) in [6.07, 6.45) is 2.42. The third-order valence-corrected chi connectivity index (χ3v) is 2.81. The molecule has 23 heavy (non-hydrogen) atoms. The summed E-state index contributed by atoms with van der Waals surface area (Å²) in [5.41, 5.74) is 5.86. The minimum atomic E-state index is -3.13. The van der Waals surface area contributed by atoms with Crippen LogP contribution in [0, 0.1) is 0 Å². The number of amides is 1. The largest absolute Gasteiger partial charge is 0.493 e. The molecular formula is C15H21ClF2N2O3.